The van der Waals surface area contributed by atoms with E-state index in [1.54, 1.807) is 7.05 Å². The maximum absolute atomic E-state index is 10.8. The van der Waals surface area contributed by atoms with E-state index in [1.807, 2.05) is 41.2 Å². The number of benzene rings is 1. The minimum Gasteiger partial charge on any atom is -0.465 e. The van der Waals surface area contributed by atoms with Crippen molar-refractivity contribution < 1.29 is 9.90 Å². The van der Waals surface area contributed by atoms with Gasteiger partial charge in [-0.1, -0.05) is 30.3 Å². The Morgan fingerprint density at radius 2 is 1.96 bits per heavy atom. The smallest absolute Gasteiger partial charge is 0.404 e. The Balaban J connectivity index is 1.61. The van der Waals surface area contributed by atoms with Gasteiger partial charge in [-0.05, 0) is 31.6 Å². The zero-order chi connectivity index (χ0) is 19.5. The Morgan fingerprint density at radius 3 is 2.64 bits per heavy atom. The van der Waals surface area contributed by atoms with E-state index in [0.29, 0.717) is 11.9 Å². The second-order valence-electron chi connectivity index (χ2n) is 7.24. The lowest BCUT2D eigenvalue weighted by atomic mass is 9.86. The first kappa shape index (κ1) is 18.2. The molecule has 8 nitrogen and oxygen atoms in total. The van der Waals surface area contributed by atoms with Gasteiger partial charge in [0.25, 0.3) is 0 Å². The number of carboxylic acid groups (broad SMARTS) is 1. The molecule has 1 aliphatic carbocycles. The molecule has 4 rings (SSSR count). The highest BCUT2D eigenvalue weighted by Gasteiger charge is 2.24. The van der Waals surface area contributed by atoms with Crippen LogP contribution in [0.2, 0.25) is 0 Å². The van der Waals surface area contributed by atoms with Gasteiger partial charge in [0.15, 0.2) is 5.65 Å². The van der Waals surface area contributed by atoms with Crippen molar-refractivity contribution in [2.24, 2.45) is 5.92 Å². The number of amides is 1. The number of hydrogen-bond acceptors (Lipinski definition) is 5. The van der Waals surface area contributed by atoms with Gasteiger partial charge in [0, 0.05) is 31.4 Å². The molecule has 3 aromatic rings. The average Bonchev–Trinajstić information content (AvgIpc) is 3.07. The molecule has 0 spiro atoms. The highest BCUT2D eigenvalue weighted by Crippen LogP contribution is 2.30. The van der Waals surface area contributed by atoms with Crippen molar-refractivity contribution in [1.29, 1.82) is 0 Å². The van der Waals surface area contributed by atoms with Crippen molar-refractivity contribution >= 4 is 23.1 Å². The summed E-state index contributed by atoms with van der Waals surface area (Å²) in [5, 5.41) is 20.3. The van der Waals surface area contributed by atoms with Gasteiger partial charge in [-0.25, -0.2) is 14.5 Å². The summed E-state index contributed by atoms with van der Waals surface area (Å²) in [5.74, 6) is 1.02. The Morgan fingerprint density at radius 1 is 1.21 bits per heavy atom. The topological polar surface area (TPSA) is 105 Å². The van der Waals surface area contributed by atoms with Crippen LogP contribution < -0.4 is 10.6 Å². The number of aromatic nitrogens is 4. The maximum atomic E-state index is 10.8. The van der Waals surface area contributed by atoms with Gasteiger partial charge in [-0.2, -0.15) is 10.1 Å². The summed E-state index contributed by atoms with van der Waals surface area (Å²) >= 11 is 0. The van der Waals surface area contributed by atoms with Gasteiger partial charge in [0.05, 0.1) is 5.39 Å². The SMILES string of the molecule is CNc1ncc2c(-c3ccccc3)nn(CC3CCC(NC(=O)O)CC3)c2n1. The van der Waals surface area contributed by atoms with Crippen molar-refractivity contribution in [2.75, 3.05) is 12.4 Å². The van der Waals surface area contributed by atoms with Crippen LogP contribution in [0.25, 0.3) is 22.3 Å². The molecular formula is C20H24N6O2. The number of nitrogens with one attached hydrogen (secondary N) is 2. The molecule has 1 amide bonds. The largest absolute Gasteiger partial charge is 0.465 e. The summed E-state index contributed by atoms with van der Waals surface area (Å²) < 4.78 is 1.98. The van der Waals surface area contributed by atoms with Crippen molar-refractivity contribution in [3.8, 4) is 11.3 Å². The lowest BCUT2D eigenvalue weighted by Crippen LogP contribution is -2.37. The molecule has 1 aliphatic rings. The molecule has 2 heterocycles. The normalized spacial score (nSPS) is 19.5. The minimum atomic E-state index is -0.940. The second-order valence-corrected chi connectivity index (χ2v) is 7.24. The molecule has 0 aliphatic heterocycles. The van der Waals surface area contributed by atoms with Crippen LogP contribution in [0.4, 0.5) is 10.7 Å². The van der Waals surface area contributed by atoms with Gasteiger partial charge >= 0.3 is 6.09 Å². The summed E-state index contributed by atoms with van der Waals surface area (Å²) in [4.78, 5) is 19.9. The van der Waals surface area contributed by atoms with Crippen LogP contribution in [0, 0.1) is 5.92 Å². The first-order chi connectivity index (χ1) is 13.6. The summed E-state index contributed by atoms with van der Waals surface area (Å²) in [7, 11) is 1.80. The molecule has 28 heavy (non-hydrogen) atoms. The number of hydrogen-bond donors (Lipinski definition) is 3. The van der Waals surface area contributed by atoms with Crippen LogP contribution in [-0.2, 0) is 6.54 Å². The van der Waals surface area contributed by atoms with Crippen molar-refractivity contribution in [3.63, 3.8) is 0 Å². The van der Waals surface area contributed by atoms with Crippen LogP contribution >= 0.6 is 0 Å². The van der Waals surface area contributed by atoms with E-state index in [9.17, 15) is 4.79 Å². The fourth-order valence-corrected chi connectivity index (χ4v) is 3.92. The monoisotopic (exact) mass is 380 g/mol. The van der Waals surface area contributed by atoms with Gasteiger partial charge < -0.3 is 15.7 Å². The molecule has 8 heteroatoms. The lowest BCUT2D eigenvalue weighted by Gasteiger charge is -2.28. The van der Waals surface area contributed by atoms with Crippen LogP contribution in [0.3, 0.4) is 0 Å². The van der Waals surface area contributed by atoms with E-state index >= 15 is 0 Å². The molecule has 0 bridgehead atoms. The molecule has 146 valence electrons. The second kappa shape index (κ2) is 7.84. The van der Waals surface area contributed by atoms with Gasteiger partial charge in [0.1, 0.15) is 5.69 Å². The predicted molar refractivity (Wildman–Crippen MR) is 107 cm³/mol. The van der Waals surface area contributed by atoms with Crippen molar-refractivity contribution in [3.05, 3.63) is 36.5 Å². The zero-order valence-corrected chi connectivity index (χ0v) is 15.8. The van der Waals surface area contributed by atoms with E-state index in [1.165, 1.54) is 0 Å². The average molecular weight is 380 g/mol. The summed E-state index contributed by atoms with van der Waals surface area (Å²) in [5.41, 5.74) is 2.75. The van der Waals surface area contributed by atoms with Crippen LogP contribution in [-0.4, -0.2) is 44.0 Å². The maximum Gasteiger partial charge on any atom is 0.404 e. The highest BCUT2D eigenvalue weighted by atomic mass is 16.4. The van der Waals surface area contributed by atoms with E-state index in [4.69, 9.17) is 10.2 Å². The van der Waals surface area contributed by atoms with Crippen LogP contribution in [0.5, 0.6) is 0 Å². The highest BCUT2D eigenvalue weighted by molar-refractivity contribution is 5.91. The molecule has 3 N–H and O–H groups in total. The third kappa shape index (κ3) is 3.76. The molecule has 0 unspecified atom stereocenters. The molecular weight excluding hydrogens is 356 g/mol. The van der Waals surface area contributed by atoms with Crippen molar-refractivity contribution in [1.82, 2.24) is 25.1 Å². The first-order valence-electron chi connectivity index (χ1n) is 9.60. The zero-order valence-electron chi connectivity index (χ0n) is 15.8. The van der Waals surface area contributed by atoms with Crippen LogP contribution in [0.1, 0.15) is 25.7 Å². The third-order valence-electron chi connectivity index (χ3n) is 5.37. The molecule has 0 radical (unpaired) electrons. The molecule has 0 atom stereocenters. The molecule has 1 saturated carbocycles. The predicted octanol–water partition coefficient (Wildman–Crippen LogP) is 3.36. The molecule has 0 saturated heterocycles. The fourth-order valence-electron chi connectivity index (χ4n) is 3.92. The quantitative estimate of drug-likeness (QED) is 0.627. The van der Waals surface area contributed by atoms with E-state index in [0.717, 1.165) is 54.5 Å². The number of fused-ring (bicyclic) bond motifs is 1. The Bertz CT molecular complexity index is 963. The minimum absolute atomic E-state index is 0.0567. The summed E-state index contributed by atoms with van der Waals surface area (Å²) in [6.07, 6.45) is 4.55. The summed E-state index contributed by atoms with van der Waals surface area (Å²) in [6.45, 7) is 0.767. The molecule has 1 aromatic carbocycles. The van der Waals surface area contributed by atoms with E-state index < -0.39 is 6.09 Å². The Labute approximate surface area is 163 Å². The fraction of sp³-hybridized carbons (Fsp3) is 0.400. The van der Waals surface area contributed by atoms with Crippen molar-refractivity contribution in [2.45, 2.75) is 38.3 Å². The number of rotatable bonds is 5. The standard InChI is InChI=1S/C20H24N6O2/c1-21-19-22-11-16-17(14-5-3-2-4-6-14)25-26(18(16)24-19)12-13-7-9-15(10-8-13)23-20(27)28/h2-6,11,13,15,23H,7-10,12H2,1H3,(H,27,28)(H,21,22,24). The summed E-state index contributed by atoms with van der Waals surface area (Å²) in [6, 6.07) is 10.1. The molecule has 2 aromatic heterocycles. The van der Waals surface area contributed by atoms with E-state index in [-0.39, 0.29) is 6.04 Å². The van der Waals surface area contributed by atoms with Gasteiger partial charge in [0.2, 0.25) is 5.95 Å². The number of nitrogens with zero attached hydrogens (tertiary/aromatic N) is 4. The first-order valence-corrected chi connectivity index (χ1v) is 9.60. The van der Waals surface area contributed by atoms with Crippen LogP contribution in [0.15, 0.2) is 36.5 Å². The molecule has 1 fully saturated rings. The number of carbonyl (C=O) groups is 1. The number of anilines is 1. The van der Waals surface area contributed by atoms with Gasteiger partial charge in [-0.15, -0.1) is 0 Å². The van der Waals surface area contributed by atoms with E-state index in [2.05, 4.69) is 20.6 Å². The Kier molecular flexibility index (Phi) is 5.10. The Hall–Kier alpha value is -3.16. The van der Waals surface area contributed by atoms with Gasteiger partial charge in [-0.3, -0.25) is 0 Å². The lowest BCUT2D eigenvalue weighted by molar-refractivity contribution is 0.180. The third-order valence-corrected chi connectivity index (χ3v) is 5.37.